The number of hydrogen-bond acceptors (Lipinski definition) is 13. The van der Waals surface area contributed by atoms with Gasteiger partial charge in [-0.05, 0) is 119 Å². The summed E-state index contributed by atoms with van der Waals surface area (Å²) in [6, 6.07) is 49.2. The van der Waals surface area contributed by atoms with Crippen LogP contribution in [0, 0.1) is 13.8 Å². The molecule has 95 heavy (non-hydrogen) atoms. The van der Waals surface area contributed by atoms with E-state index in [2.05, 4.69) is 89.4 Å². The van der Waals surface area contributed by atoms with Gasteiger partial charge in [0.15, 0.2) is 6.10 Å². The number of urea groups is 2. The number of nitrogens with zero attached hydrogens (tertiary/aromatic N) is 6. The second kappa shape index (κ2) is 32.8. The van der Waals surface area contributed by atoms with Crippen molar-refractivity contribution >= 4 is 91.7 Å². The Morgan fingerprint density at radius 3 is 1.34 bits per heavy atom. The molecule has 0 saturated carbocycles. The first kappa shape index (κ1) is 71.8. The van der Waals surface area contributed by atoms with E-state index in [1.54, 1.807) is 47.7 Å². The van der Waals surface area contributed by atoms with Crippen molar-refractivity contribution in [2.75, 3.05) is 46.5 Å². The zero-order chi connectivity index (χ0) is 69.1. The van der Waals surface area contributed by atoms with Crippen LogP contribution in [0.3, 0.4) is 0 Å². The number of aryl methyl sites for hydroxylation is 2. The molecule has 8 N–H and O–H groups in total. The van der Waals surface area contributed by atoms with Gasteiger partial charge in [0, 0.05) is 76.2 Å². The third-order valence-electron chi connectivity index (χ3n) is 14.4. The minimum Gasteiger partial charge on any atom is -0.488 e. The summed E-state index contributed by atoms with van der Waals surface area (Å²) in [7, 11) is 2.84. The summed E-state index contributed by atoms with van der Waals surface area (Å²) >= 11 is 5.08. The van der Waals surface area contributed by atoms with E-state index in [0.29, 0.717) is 57.8 Å². The summed E-state index contributed by atoms with van der Waals surface area (Å²) in [5, 5.41) is 36.5. The van der Waals surface area contributed by atoms with Crippen LogP contribution < -0.4 is 41.8 Å². The number of hydrogen-bond donors (Lipinski definition) is 7. The fourth-order valence-corrected chi connectivity index (χ4v) is 8.97. The molecule has 6 aromatic carbocycles. The molecule has 0 aliphatic carbocycles. The van der Waals surface area contributed by atoms with Gasteiger partial charge >= 0.3 is 18.0 Å². The molecule has 0 unspecified atom stereocenters. The number of anilines is 6. The Kier molecular flexibility index (Phi) is 24.8. The van der Waals surface area contributed by atoms with Gasteiger partial charge in [-0.25, -0.2) is 33.7 Å². The van der Waals surface area contributed by atoms with Gasteiger partial charge in [0.2, 0.25) is 0 Å². The molecule has 5 amide bonds. The summed E-state index contributed by atoms with van der Waals surface area (Å²) in [6.07, 6.45) is 2.00. The lowest BCUT2D eigenvalue weighted by molar-refractivity contribution is -0.147. The van der Waals surface area contributed by atoms with E-state index < -0.39 is 24.2 Å². The molecule has 21 nitrogen and oxygen atoms in total. The Balaban J connectivity index is 0.000000233. The average Bonchev–Trinajstić information content (AvgIpc) is 1.80. The molecule has 0 saturated heterocycles. The first-order valence-electron chi connectivity index (χ1n) is 30.5. The Morgan fingerprint density at radius 1 is 0.558 bits per heavy atom. The second-order valence-corrected chi connectivity index (χ2v) is 24.9. The molecule has 496 valence electrons. The Hall–Kier alpha value is -10.6. The Labute approximate surface area is 559 Å². The van der Waals surface area contributed by atoms with E-state index in [0.717, 1.165) is 66.6 Å². The Morgan fingerprint density at radius 2 is 0.958 bits per heavy atom. The summed E-state index contributed by atoms with van der Waals surface area (Å²) in [6.45, 7) is 25.4. The largest absolute Gasteiger partial charge is 0.488 e. The number of methoxy groups -OCH3 is 2. The van der Waals surface area contributed by atoms with Crippen molar-refractivity contribution in [1.82, 2.24) is 29.5 Å². The number of amides is 5. The van der Waals surface area contributed by atoms with Gasteiger partial charge in [0.1, 0.15) is 54.1 Å². The van der Waals surface area contributed by atoms with Crippen LogP contribution >= 0.6 is 11.6 Å². The minimum atomic E-state index is -0.928. The number of aliphatic carboxylic acids is 1. The van der Waals surface area contributed by atoms with E-state index in [1.807, 2.05) is 159 Å². The molecule has 0 spiro atoms. The molecule has 4 aromatic heterocycles. The number of pyridine rings is 2. The third-order valence-corrected chi connectivity index (χ3v) is 14.4. The number of nitrogen functional groups attached to an aromatic ring is 1. The number of aromatic nitrogens is 6. The number of benzene rings is 6. The van der Waals surface area contributed by atoms with Crippen molar-refractivity contribution in [3.05, 3.63) is 215 Å². The topological polar surface area (TPSA) is 273 Å². The van der Waals surface area contributed by atoms with E-state index in [-0.39, 0.29) is 29.4 Å². The molecule has 22 heteroatoms. The van der Waals surface area contributed by atoms with Gasteiger partial charge in [-0.3, -0.25) is 15.4 Å². The molecule has 2 atom stereocenters. The summed E-state index contributed by atoms with van der Waals surface area (Å²) in [4.78, 5) is 56.8. The SMILES string of the molecule is C=C(C)Cl.CO[C@@H](C)C(=O)Nc1cc(COc2ccc(NC(=O)Nc3cc(C(C)(C)C)nn3-c3ccc(C)cc3)c3ccccc23)ccn1.CO[C@@H](C)C(=O)O.Cc1ccc(-n2nc(C(C)(C)C)cc2NC(=O)Nc2ccc(OCc3ccnc(N)c3)c3ccccc23)cc1. The predicted octanol–water partition coefficient (Wildman–Crippen LogP) is 15.9. The van der Waals surface area contributed by atoms with Gasteiger partial charge in [-0.15, -0.1) is 0 Å². The van der Waals surface area contributed by atoms with Crippen LogP contribution in [0.1, 0.15) is 96.0 Å². The average molecular weight is 1310 g/mol. The fourth-order valence-electron chi connectivity index (χ4n) is 8.97. The highest BCUT2D eigenvalue weighted by Gasteiger charge is 2.24. The smallest absolute Gasteiger partial charge is 0.332 e. The third kappa shape index (κ3) is 20.7. The number of carboxylic acids is 1. The number of carbonyl (C=O) groups excluding carboxylic acids is 3. The van der Waals surface area contributed by atoms with Crippen molar-refractivity contribution in [2.24, 2.45) is 0 Å². The van der Waals surface area contributed by atoms with Gasteiger partial charge in [0.05, 0.1) is 34.1 Å². The van der Waals surface area contributed by atoms with E-state index >= 15 is 0 Å². The molecule has 0 fully saturated rings. The summed E-state index contributed by atoms with van der Waals surface area (Å²) in [5.41, 5.74) is 14.2. The highest BCUT2D eigenvalue weighted by atomic mass is 35.5. The molecule has 10 aromatic rings. The number of fused-ring (bicyclic) bond motifs is 2. The highest BCUT2D eigenvalue weighted by Crippen LogP contribution is 2.35. The predicted molar refractivity (Wildman–Crippen MR) is 379 cm³/mol. The number of carboxylic acid groups (broad SMARTS) is 1. The van der Waals surface area contributed by atoms with Crippen LogP contribution in [0.4, 0.5) is 44.2 Å². The maximum atomic E-state index is 13.3. The summed E-state index contributed by atoms with van der Waals surface area (Å²) < 4.78 is 25.3. The maximum Gasteiger partial charge on any atom is 0.332 e. The van der Waals surface area contributed by atoms with Gasteiger partial charge in [0.25, 0.3) is 5.91 Å². The van der Waals surface area contributed by atoms with Crippen LogP contribution in [0.25, 0.3) is 32.9 Å². The van der Waals surface area contributed by atoms with Crippen LogP contribution in [0.15, 0.2) is 182 Å². The van der Waals surface area contributed by atoms with Gasteiger partial charge in [-0.2, -0.15) is 10.2 Å². The van der Waals surface area contributed by atoms with E-state index in [9.17, 15) is 19.2 Å². The number of nitrogens with two attached hydrogens (primary N) is 1. The second-order valence-electron chi connectivity index (χ2n) is 24.3. The molecule has 10 rings (SSSR count). The zero-order valence-corrected chi connectivity index (χ0v) is 56.5. The van der Waals surface area contributed by atoms with Crippen LogP contribution in [-0.4, -0.2) is 85.0 Å². The zero-order valence-electron chi connectivity index (χ0n) is 55.8. The number of nitrogens with one attached hydrogen (secondary N) is 5. The van der Waals surface area contributed by atoms with Gasteiger partial charge < -0.3 is 45.7 Å². The van der Waals surface area contributed by atoms with Crippen molar-refractivity contribution in [2.45, 2.75) is 112 Å². The number of ether oxygens (including phenoxy) is 4. The first-order chi connectivity index (χ1) is 45.1. The first-order valence-corrected chi connectivity index (χ1v) is 30.8. The monoisotopic (exact) mass is 1310 g/mol. The molecule has 0 aliphatic heterocycles. The van der Waals surface area contributed by atoms with E-state index in [4.69, 9.17) is 46.8 Å². The van der Waals surface area contributed by atoms with Crippen molar-refractivity contribution in [1.29, 1.82) is 0 Å². The molecule has 4 heterocycles. The molecule has 0 aliphatic rings. The Bertz CT molecular complexity index is 4290. The lowest BCUT2D eigenvalue weighted by atomic mass is 9.92. The molecule has 0 radical (unpaired) electrons. The molecular formula is C73H83ClN12O9. The van der Waals surface area contributed by atoms with E-state index in [1.165, 1.54) is 21.1 Å². The minimum absolute atomic E-state index is 0.184. The quantitative estimate of drug-likeness (QED) is 0.0447. The maximum absolute atomic E-state index is 13.3. The highest BCUT2D eigenvalue weighted by molar-refractivity contribution is 6.28. The fraction of sp³-hybridized carbons (Fsp3) is 0.260. The molecule has 0 bridgehead atoms. The van der Waals surface area contributed by atoms with Crippen molar-refractivity contribution in [3.63, 3.8) is 0 Å². The number of rotatable bonds is 17. The molecular weight excluding hydrogens is 1220 g/mol. The normalized spacial score (nSPS) is 11.6. The van der Waals surface area contributed by atoms with Gasteiger partial charge in [-0.1, -0.05) is 144 Å². The standard InChI is InChI=1S/C35H38N6O4.C31H32N6O2.C4H8O3.C3H5Cl/c1-22-11-13-25(14-12-22)41-32(20-30(40-41)35(3,4)5)39-34(43)37-28-15-16-29(27-10-8-7-9-26(27)28)45-21-24-17-18-36-31(19-24)38-33(42)23(2)44-6;1-20-9-11-22(12-10-20)37-29(18-27(36-37)31(2,3)4)35-30(38)34-25-13-14-26(24-8-6-5-7-23(24)25)39-19-21-15-16-33-28(32)17-21;1-3(7-2)4(5)6;1-3(2)4/h7-20,23H,21H2,1-6H3,(H,36,38,42)(H2,37,39,43);5-18H,19H2,1-4H3,(H2,32,33)(H2,34,35,38);3H,1-2H3,(H,5,6);1H2,2H3/t23-;;3-;/m0.0./s1. The van der Waals surface area contributed by atoms with Crippen LogP contribution in [0.2, 0.25) is 0 Å². The van der Waals surface area contributed by atoms with Crippen molar-refractivity contribution in [3.8, 4) is 22.9 Å². The summed E-state index contributed by atoms with van der Waals surface area (Å²) in [5.74, 6) is 2.16. The van der Waals surface area contributed by atoms with Crippen LogP contribution in [-0.2, 0) is 43.1 Å². The van der Waals surface area contributed by atoms with Crippen molar-refractivity contribution < 1.29 is 43.2 Å². The number of halogens is 1. The van der Waals surface area contributed by atoms with Crippen LogP contribution in [0.5, 0.6) is 11.5 Å². The number of allylic oxidation sites excluding steroid dienone is 1. The number of carbonyl (C=O) groups is 4. The lowest BCUT2D eigenvalue weighted by Gasteiger charge is -2.15. The lowest BCUT2D eigenvalue weighted by Crippen LogP contribution is -2.26.